The number of hydrogen-bond donors (Lipinski definition) is 2. The molecule has 16 heavy (non-hydrogen) atoms. The van der Waals surface area contributed by atoms with Crippen LogP contribution >= 0.6 is 0 Å². The molecule has 0 aromatic carbocycles. The first-order valence-corrected chi connectivity index (χ1v) is 6.23. The van der Waals surface area contributed by atoms with E-state index >= 15 is 0 Å². The van der Waals surface area contributed by atoms with Gasteiger partial charge in [-0.25, -0.2) is 9.97 Å². The molecule has 1 atom stereocenters. The Hall–Kier alpha value is -1.16. The van der Waals surface area contributed by atoms with E-state index in [1.807, 2.05) is 0 Å². The molecule has 1 aliphatic heterocycles. The Balaban J connectivity index is 1.67. The van der Waals surface area contributed by atoms with Gasteiger partial charge in [-0.15, -0.1) is 0 Å². The van der Waals surface area contributed by atoms with Crippen LogP contribution in [0.2, 0.25) is 0 Å². The summed E-state index contributed by atoms with van der Waals surface area (Å²) in [4.78, 5) is 8.69. The summed E-state index contributed by atoms with van der Waals surface area (Å²) in [5.74, 6) is 1.07. The largest absolute Gasteiger partial charge is 0.368 e. The highest BCUT2D eigenvalue weighted by atomic mass is 15.1. The fourth-order valence-electron chi connectivity index (χ4n) is 2.66. The quantitative estimate of drug-likeness (QED) is 0.798. The van der Waals surface area contributed by atoms with Crippen LogP contribution in [0.4, 0.5) is 5.82 Å². The van der Waals surface area contributed by atoms with Gasteiger partial charge in [0.1, 0.15) is 12.1 Å². The molecule has 1 saturated heterocycles. The van der Waals surface area contributed by atoms with E-state index in [1.165, 1.54) is 30.5 Å². The lowest BCUT2D eigenvalue weighted by molar-refractivity contribution is 0.632. The average Bonchev–Trinajstić information content (AvgIpc) is 2.97. The first-order chi connectivity index (χ1) is 7.93. The topological polar surface area (TPSA) is 49.8 Å². The van der Waals surface area contributed by atoms with Crippen molar-refractivity contribution in [3.63, 3.8) is 0 Å². The van der Waals surface area contributed by atoms with Crippen molar-refractivity contribution in [3.8, 4) is 0 Å². The molecule has 4 heteroatoms. The Morgan fingerprint density at radius 3 is 3.19 bits per heavy atom. The maximum Gasteiger partial charge on any atom is 0.132 e. The van der Waals surface area contributed by atoms with Crippen LogP contribution in [0.5, 0.6) is 0 Å². The van der Waals surface area contributed by atoms with E-state index in [1.54, 1.807) is 6.33 Å². The van der Waals surface area contributed by atoms with Crippen LogP contribution in [0.3, 0.4) is 0 Å². The molecular formula is C12H18N4. The second-order valence-corrected chi connectivity index (χ2v) is 4.68. The summed E-state index contributed by atoms with van der Waals surface area (Å²) in [6, 6.07) is 0.618. The lowest BCUT2D eigenvalue weighted by atomic mass is 10.2. The van der Waals surface area contributed by atoms with Crippen LogP contribution in [0, 0.1) is 0 Å². The van der Waals surface area contributed by atoms with Gasteiger partial charge in [0.05, 0.1) is 0 Å². The number of hydrogen-bond acceptors (Lipinski definition) is 4. The van der Waals surface area contributed by atoms with Crippen LogP contribution in [0.1, 0.15) is 30.5 Å². The minimum absolute atomic E-state index is 0.618. The van der Waals surface area contributed by atoms with Gasteiger partial charge in [-0.05, 0) is 38.6 Å². The van der Waals surface area contributed by atoms with Crippen molar-refractivity contribution >= 4 is 5.82 Å². The van der Waals surface area contributed by atoms with E-state index < -0.39 is 0 Å². The summed E-state index contributed by atoms with van der Waals surface area (Å²) in [6.07, 6.45) is 7.75. The standard InChI is InChI=1S/C12H18N4/c1-4-10-11(5-1)15-8-16-12(10)14-7-9-3-2-6-13-9/h8-9,13H,1-7H2,(H,14,15,16). The molecule has 0 radical (unpaired) electrons. The summed E-state index contributed by atoms with van der Waals surface area (Å²) in [5.41, 5.74) is 2.59. The fraction of sp³-hybridized carbons (Fsp3) is 0.667. The van der Waals surface area contributed by atoms with Crippen molar-refractivity contribution in [2.45, 2.75) is 38.1 Å². The van der Waals surface area contributed by atoms with Gasteiger partial charge in [-0.1, -0.05) is 0 Å². The number of nitrogens with one attached hydrogen (secondary N) is 2. The van der Waals surface area contributed by atoms with Crippen LogP contribution < -0.4 is 10.6 Å². The molecule has 4 nitrogen and oxygen atoms in total. The predicted molar refractivity (Wildman–Crippen MR) is 63.6 cm³/mol. The highest BCUT2D eigenvalue weighted by Gasteiger charge is 2.18. The first-order valence-electron chi connectivity index (χ1n) is 6.23. The van der Waals surface area contributed by atoms with Crippen molar-refractivity contribution in [1.29, 1.82) is 0 Å². The van der Waals surface area contributed by atoms with E-state index in [0.717, 1.165) is 31.7 Å². The van der Waals surface area contributed by atoms with Gasteiger partial charge in [-0.2, -0.15) is 0 Å². The summed E-state index contributed by atoms with van der Waals surface area (Å²) in [5, 5.41) is 6.96. The third-order valence-electron chi connectivity index (χ3n) is 3.55. The van der Waals surface area contributed by atoms with Gasteiger partial charge in [0.25, 0.3) is 0 Å². The Morgan fingerprint density at radius 1 is 1.31 bits per heavy atom. The van der Waals surface area contributed by atoms with Crippen molar-refractivity contribution in [2.24, 2.45) is 0 Å². The summed E-state index contributed by atoms with van der Waals surface area (Å²) in [6.45, 7) is 2.15. The summed E-state index contributed by atoms with van der Waals surface area (Å²) < 4.78 is 0. The van der Waals surface area contributed by atoms with E-state index in [0.29, 0.717) is 6.04 Å². The zero-order valence-corrected chi connectivity index (χ0v) is 9.50. The molecule has 3 rings (SSSR count). The Bertz CT molecular complexity index is 371. The third-order valence-corrected chi connectivity index (χ3v) is 3.55. The lowest BCUT2D eigenvalue weighted by Crippen LogP contribution is -2.29. The van der Waals surface area contributed by atoms with Crippen LogP contribution in [-0.2, 0) is 12.8 Å². The smallest absolute Gasteiger partial charge is 0.132 e. The third kappa shape index (κ3) is 1.89. The summed E-state index contributed by atoms with van der Waals surface area (Å²) >= 11 is 0. The SMILES string of the molecule is c1nc2c(c(NCC3CCCN3)n1)CCC2. The fourth-order valence-corrected chi connectivity index (χ4v) is 2.66. The van der Waals surface area contributed by atoms with Crippen molar-refractivity contribution < 1.29 is 0 Å². The molecule has 2 N–H and O–H groups in total. The molecule has 1 unspecified atom stereocenters. The Morgan fingerprint density at radius 2 is 2.31 bits per heavy atom. The van der Waals surface area contributed by atoms with Crippen molar-refractivity contribution in [1.82, 2.24) is 15.3 Å². The molecule has 0 amide bonds. The van der Waals surface area contributed by atoms with Gasteiger partial charge in [0.15, 0.2) is 0 Å². The molecule has 0 spiro atoms. The van der Waals surface area contributed by atoms with Crippen molar-refractivity contribution in [2.75, 3.05) is 18.4 Å². The molecule has 1 aliphatic carbocycles. The monoisotopic (exact) mass is 218 g/mol. The normalized spacial score (nSPS) is 23.4. The highest BCUT2D eigenvalue weighted by Crippen LogP contribution is 2.25. The maximum absolute atomic E-state index is 4.36. The van der Waals surface area contributed by atoms with Gasteiger partial charge in [0.2, 0.25) is 0 Å². The lowest BCUT2D eigenvalue weighted by Gasteiger charge is -2.13. The van der Waals surface area contributed by atoms with Crippen molar-refractivity contribution in [3.05, 3.63) is 17.6 Å². The molecule has 1 aromatic rings. The maximum atomic E-state index is 4.36. The van der Waals surface area contributed by atoms with Crippen LogP contribution in [0.15, 0.2) is 6.33 Å². The molecule has 86 valence electrons. The highest BCUT2D eigenvalue weighted by molar-refractivity contribution is 5.48. The van der Waals surface area contributed by atoms with Crippen LogP contribution in [0.25, 0.3) is 0 Å². The van der Waals surface area contributed by atoms with Gasteiger partial charge >= 0.3 is 0 Å². The van der Waals surface area contributed by atoms with E-state index in [4.69, 9.17) is 0 Å². The molecule has 0 saturated carbocycles. The first kappa shape index (κ1) is 10.0. The number of aryl methyl sites for hydroxylation is 1. The van der Waals surface area contributed by atoms with Crippen LogP contribution in [-0.4, -0.2) is 29.1 Å². The Labute approximate surface area is 95.9 Å². The number of nitrogens with zero attached hydrogens (tertiary/aromatic N) is 2. The molecule has 0 bridgehead atoms. The minimum atomic E-state index is 0.618. The zero-order valence-electron chi connectivity index (χ0n) is 9.50. The predicted octanol–water partition coefficient (Wildman–Crippen LogP) is 1.13. The van der Waals surface area contributed by atoms with E-state index in [-0.39, 0.29) is 0 Å². The second-order valence-electron chi connectivity index (χ2n) is 4.68. The summed E-state index contributed by atoms with van der Waals surface area (Å²) in [7, 11) is 0. The molecular weight excluding hydrogens is 200 g/mol. The number of fused-ring (bicyclic) bond motifs is 1. The Kier molecular flexibility index (Phi) is 2.74. The zero-order chi connectivity index (χ0) is 10.8. The minimum Gasteiger partial charge on any atom is -0.368 e. The molecule has 1 aromatic heterocycles. The van der Waals surface area contributed by atoms with Gasteiger partial charge in [-0.3, -0.25) is 0 Å². The molecule has 2 heterocycles. The molecule has 2 aliphatic rings. The van der Waals surface area contributed by atoms with E-state index in [9.17, 15) is 0 Å². The van der Waals surface area contributed by atoms with Gasteiger partial charge in [0, 0.05) is 23.8 Å². The second kappa shape index (κ2) is 4.37. The van der Waals surface area contributed by atoms with E-state index in [2.05, 4.69) is 20.6 Å². The van der Waals surface area contributed by atoms with Gasteiger partial charge < -0.3 is 10.6 Å². The molecule has 1 fully saturated rings. The number of anilines is 1. The average molecular weight is 218 g/mol. The number of rotatable bonds is 3. The number of aromatic nitrogens is 2.